The van der Waals surface area contributed by atoms with Gasteiger partial charge in [0.1, 0.15) is 5.75 Å². The lowest BCUT2D eigenvalue weighted by Gasteiger charge is -2.36. The molecular formula is C25H20F8O3S. The molecular weight excluding hydrogens is 532 g/mol. The summed E-state index contributed by atoms with van der Waals surface area (Å²) in [6, 6.07) is 15.7. The van der Waals surface area contributed by atoms with Gasteiger partial charge in [-0.25, -0.2) is 4.79 Å². The molecule has 0 bridgehead atoms. The van der Waals surface area contributed by atoms with E-state index in [1.807, 2.05) is 36.4 Å². The molecule has 37 heavy (non-hydrogen) atoms. The van der Waals surface area contributed by atoms with Gasteiger partial charge in [0, 0.05) is 15.7 Å². The Bertz CT molecular complexity index is 1240. The summed E-state index contributed by atoms with van der Waals surface area (Å²) in [7, 11) is 0. The molecule has 0 atom stereocenters. The van der Waals surface area contributed by atoms with E-state index in [-0.39, 0.29) is 5.75 Å². The molecule has 0 aliphatic heterocycles. The van der Waals surface area contributed by atoms with Crippen LogP contribution in [0.1, 0.15) is 12.8 Å². The molecule has 0 saturated heterocycles. The number of carbonyl (C=O) groups excluding carboxylic acids is 1. The molecule has 0 aliphatic rings. The highest BCUT2D eigenvalue weighted by Crippen LogP contribution is 2.54. The van der Waals surface area contributed by atoms with Crippen LogP contribution in [0, 0.1) is 0 Å². The summed E-state index contributed by atoms with van der Waals surface area (Å²) in [6.07, 6.45) is -3.54. The van der Waals surface area contributed by atoms with Crippen LogP contribution in [0.2, 0.25) is 0 Å². The third-order valence-corrected chi connectivity index (χ3v) is 6.52. The standard InChI is InChI=1S/C25H20F8O3S/c1-2-21(34)36-13-11-23(28,29)25(32,33)24(30,31)22(26,27)10-12-35-18-9-8-17-14-19(37-20(17)15-18)16-6-4-3-5-7-16/h2-9,14-15H,1,10-13H2. The van der Waals surface area contributed by atoms with E-state index in [1.54, 1.807) is 6.07 Å². The molecule has 0 fully saturated rings. The van der Waals surface area contributed by atoms with Crippen molar-refractivity contribution in [2.24, 2.45) is 0 Å². The normalized spacial score (nSPS) is 13.0. The Kier molecular flexibility index (Phi) is 8.21. The number of benzene rings is 2. The van der Waals surface area contributed by atoms with E-state index < -0.39 is 55.7 Å². The Morgan fingerprint density at radius 2 is 1.43 bits per heavy atom. The molecule has 0 saturated carbocycles. The molecule has 1 heterocycles. The first-order chi connectivity index (χ1) is 17.2. The van der Waals surface area contributed by atoms with Gasteiger partial charge in [-0.05, 0) is 35.2 Å². The summed E-state index contributed by atoms with van der Waals surface area (Å²) in [4.78, 5) is 11.7. The van der Waals surface area contributed by atoms with Crippen LogP contribution >= 0.6 is 11.3 Å². The van der Waals surface area contributed by atoms with Crippen molar-refractivity contribution >= 4 is 27.4 Å². The van der Waals surface area contributed by atoms with Crippen LogP contribution in [0.5, 0.6) is 5.75 Å². The molecule has 0 spiro atoms. The van der Waals surface area contributed by atoms with Crippen molar-refractivity contribution in [3.63, 3.8) is 0 Å². The number of fused-ring (bicyclic) bond motifs is 1. The van der Waals surface area contributed by atoms with Gasteiger partial charge in [-0.2, -0.15) is 35.1 Å². The smallest absolute Gasteiger partial charge is 0.378 e. The molecule has 200 valence electrons. The second-order valence-corrected chi connectivity index (χ2v) is 9.04. The van der Waals surface area contributed by atoms with Crippen molar-refractivity contribution in [2.45, 2.75) is 36.5 Å². The van der Waals surface area contributed by atoms with Crippen molar-refractivity contribution in [1.82, 2.24) is 0 Å². The molecule has 0 radical (unpaired) electrons. The fraction of sp³-hybridized carbons (Fsp3) is 0.320. The lowest BCUT2D eigenvalue weighted by atomic mass is 9.95. The van der Waals surface area contributed by atoms with Crippen molar-refractivity contribution in [1.29, 1.82) is 0 Å². The fourth-order valence-corrected chi connectivity index (χ4v) is 4.35. The third-order valence-electron chi connectivity index (χ3n) is 5.37. The first-order valence-electron chi connectivity index (χ1n) is 10.7. The predicted molar refractivity (Wildman–Crippen MR) is 123 cm³/mol. The van der Waals surface area contributed by atoms with Gasteiger partial charge in [-0.3, -0.25) is 0 Å². The number of esters is 1. The van der Waals surface area contributed by atoms with Gasteiger partial charge < -0.3 is 9.47 Å². The van der Waals surface area contributed by atoms with Crippen LogP contribution in [0.3, 0.4) is 0 Å². The monoisotopic (exact) mass is 552 g/mol. The van der Waals surface area contributed by atoms with Crippen LogP contribution in [-0.2, 0) is 9.53 Å². The van der Waals surface area contributed by atoms with E-state index in [1.165, 1.54) is 23.5 Å². The number of halogens is 8. The zero-order valence-corrected chi connectivity index (χ0v) is 19.8. The number of alkyl halides is 8. The van der Waals surface area contributed by atoms with Crippen LogP contribution in [0.25, 0.3) is 20.5 Å². The van der Waals surface area contributed by atoms with E-state index in [0.29, 0.717) is 10.8 Å². The molecule has 12 heteroatoms. The minimum Gasteiger partial charge on any atom is -0.493 e. The highest BCUT2D eigenvalue weighted by Gasteiger charge is 2.79. The maximum Gasteiger partial charge on any atom is 0.378 e. The number of rotatable bonds is 12. The van der Waals surface area contributed by atoms with E-state index in [4.69, 9.17) is 4.74 Å². The molecule has 3 rings (SSSR count). The second-order valence-electron chi connectivity index (χ2n) is 7.95. The maximum absolute atomic E-state index is 14.1. The van der Waals surface area contributed by atoms with Crippen LogP contribution in [-0.4, -0.2) is 42.9 Å². The molecule has 0 amide bonds. The van der Waals surface area contributed by atoms with Gasteiger partial charge in [0.25, 0.3) is 0 Å². The highest BCUT2D eigenvalue weighted by molar-refractivity contribution is 7.22. The number of hydrogen-bond acceptors (Lipinski definition) is 4. The molecule has 0 unspecified atom stereocenters. The van der Waals surface area contributed by atoms with Crippen molar-refractivity contribution in [3.8, 4) is 16.2 Å². The lowest BCUT2D eigenvalue weighted by molar-refractivity contribution is -0.368. The van der Waals surface area contributed by atoms with Gasteiger partial charge in [0.2, 0.25) is 0 Å². The molecule has 1 aromatic heterocycles. The maximum atomic E-state index is 14.1. The predicted octanol–water partition coefficient (Wildman–Crippen LogP) is 8.00. The SMILES string of the molecule is C=CC(=O)OCCC(F)(F)C(F)(F)C(F)(F)C(F)(F)CCOc1ccc2cc(-c3ccccc3)sc2c1. The number of ether oxygens (including phenoxy) is 2. The Labute approximate surface area is 210 Å². The van der Waals surface area contributed by atoms with E-state index in [2.05, 4.69) is 11.3 Å². The largest absolute Gasteiger partial charge is 0.493 e. The summed E-state index contributed by atoms with van der Waals surface area (Å²) in [5.74, 6) is -25.3. The summed E-state index contributed by atoms with van der Waals surface area (Å²) >= 11 is 1.36. The highest BCUT2D eigenvalue weighted by atomic mass is 32.1. The molecule has 0 aliphatic carbocycles. The summed E-state index contributed by atoms with van der Waals surface area (Å²) < 4.78 is 122. The van der Waals surface area contributed by atoms with E-state index >= 15 is 0 Å². The molecule has 0 N–H and O–H groups in total. The van der Waals surface area contributed by atoms with Crippen molar-refractivity contribution < 1.29 is 49.4 Å². The first kappa shape index (κ1) is 28.4. The Morgan fingerprint density at radius 1 is 0.838 bits per heavy atom. The minimum absolute atomic E-state index is 0.00852. The van der Waals surface area contributed by atoms with Gasteiger partial charge >= 0.3 is 29.7 Å². The number of thiophene rings is 1. The summed E-state index contributed by atoms with van der Waals surface area (Å²) in [5.41, 5.74) is 0.935. The zero-order chi connectivity index (χ0) is 27.5. The Hall–Kier alpha value is -3.15. The first-order valence-corrected chi connectivity index (χ1v) is 11.6. The number of hydrogen-bond donors (Lipinski definition) is 0. The van der Waals surface area contributed by atoms with Crippen LogP contribution in [0.15, 0.2) is 67.3 Å². The topological polar surface area (TPSA) is 35.5 Å². The Balaban J connectivity index is 1.66. The fourth-order valence-electron chi connectivity index (χ4n) is 3.26. The molecule has 2 aromatic carbocycles. The molecule has 3 aromatic rings. The van der Waals surface area contributed by atoms with E-state index in [9.17, 15) is 39.9 Å². The van der Waals surface area contributed by atoms with Crippen molar-refractivity contribution in [3.05, 3.63) is 67.3 Å². The number of carbonyl (C=O) groups is 1. The third kappa shape index (κ3) is 5.89. The zero-order valence-electron chi connectivity index (χ0n) is 19.0. The molecule has 3 nitrogen and oxygen atoms in total. The second kappa shape index (κ2) is 10.7. The lowest BCUT2D eigenvalue weighted by Crippen LogP contribution is -2.62. The average molecular weight is 552 g/mol. The van der Waals surface area contributed by atoms with Crippen molar-refractivity contribution in [2.75, 3.05) is 13.2 Å². The summed E-state index contributed by atoms with van der Waals surface area (Å²) in [5, 5.41) is 0.800. The van der Waals surface area contributed by atoms with E-state index in [0.717, 1.165) is 15.8 Å². The van der Waals surface area contributed by atoms with Gasteiger partial charge in [0.05, 0.1) is 26.1 Å². The Morgan fingerprint density at radius 3 is 2.03 bits per heavy atom. The average Bonchev–Trinajstić information content (AvgIpc) is 3.27. The minimum atomic E-state index is -6.45. The van der Waals surface area contributed by atoms with Gasteiger partial charge in [-0.1, -0.05) is 36.9 Å². The quantitative estimate of drug-likeness (QED) is 0.130. The van der Waals surface area contributed by atoms with Crippen LogP contribution < -0.4 is 4.74 Å². The van der Waals surface area contributed by atoms with Gasteiger partial charge in [-0.15, -0.1) is 11.3 Å². The van der Waals surface area contributed by atoms with Gasteiger partial charge in [0.15, 0.2) is 0 Å². The summed E-state index contributed by atoms with van der Waals surface area (Å²) in [6.45, 7) is 0.378. The van der Waals surface area contributed by atoms with Crippen LogP contribution in [0.4, 0.5) is 35.1 Å².